The number of nitrogens with two attached hydrogens (primary N) is 1. The van der Waals surface area contributed by atoms with Crippen LogP contribution < -0.4 is 15.8 Å². The average molecular weight is 294 g/mol. The van der Waals surface area contributed by atoms with Gasteiger partial charge in [0.25, 0.3) is 11.8 Å². The van der Waals surface area contributed by atoms with Crippen LogP contribution in [0, 0.1) is 0 Å². The Balaban J connectivity index is 2.46. The van der Waals surface area contributed by atoms with E-state index in [1.54, 1.807) is 24.3 Å². The summed E-state index contributed by atoms with van der Waals surface area (Å²) in [6.07, 6.45) is -1.03. The molecule has 21 heavy (non-hydrogen) atoms. The van der Waals surface area contributed by atoms with Gasteiger partial charge in [0.15, 0.2) is 6.10 Å². The molecule has 0 radical (unpaired) electrons. The zero-order chi connectivity index (χ0) is 15.8. The zero-order valence-electron chi connectivity index (χ0n) is 11.9. The van der Waals surface area contributed by atoms with E-state index in [1.807, 2.05) is 6.92 Å². The number of benzene rings is 1. The first-order chi connectivity index (χ1) is 9.93. The smallest absolute Gasteiger partial charge is 0.326 e. The van der Waals surface area contributed by atoms with E-state index in [1.165, 1.54) is 6.92 Å². The van der Waals surface area contributed by atoms with Crippen molar-refractivity contribution in [3.8, 4) is 5.75 Å². The minimum atomic E-state index is -1.03. The Labute approximate surface area is 122 Å². The Bertz CT molecular complexity index is 513. The number of hydrogen-bond donors (Lipinski definition) is 2. The van der Waals surface area contributed by atoms with Crippen LogP contribution in [0.3, 0.4) is 0 Å². The highest BCUT2D eigenvalue weighted by molar-refractivity contribution is 5.96. The van der Waals surface area contributed by atoms with Gasteiger partial charge in [-0.3, -0.25) is 14.4 Å². The minimum Gasteiger partial charge on any atom is -0.494 e. The first-order valence-corrected chi connectivity index (χ1v) is 6.44. The number of esters is 1. The largest absolute Gasteiger partial charge is 0.494 e. The van der Waals surface area contributed by atoms with Gasteiger partial charge in [0, 0.05) is 5.56 Å². The van der Waals surface area contributed by atoms with Gasteiger partial charge in [-0.25, -0.2) is 0 Å². The third-order valence-electron chi connectivity index (χ3n) is 2.53. The van der Waals surface area contributed by atoms with Crippen LogP contribution in [0.2, 0.25) is 0 Å². The standard InChI is InChI=1S/C14H18N2O5/c1-3-20-11-6-4-10(5-7-11)14(19)16-8-12(17)21-9(2)13(15)18/h4-7,9H,3,8H2,1-2H3,(H2,15,18)(H,16,19)/t9-/m0/s1. The topological polar surface area (TPSA) is 108 Å². The molecule has 7 heteroatoms. The number of carbonyl (C=O) groups is 3. The van der Waals surface area contributed by atoms with Crippen LogP contribution in [0.4, 0.5) is 0 Å². The van der Waals surface area contributed by atoms with Crippen molar-refractivity contribution in [2.45, 2.75) is 20.0 Å². The van der Waals surface area contributed by atoms with Gasteiger partial charge in [0.2, 0.25) is 0 Å². The summed E-state index contributed by atoms with van der Waals surface area (Å²) in [5.74, 6) is -1.26. The summed E-state index contributed by atoms with van der Waals surface area (Å²) in [5, 5.41) is 2.39. The second kappa shape index (κ2) is 7.88. The second-order valence-corrected chi connectivity index (χ2v) is 4.17. The predicted octanol–water partition coefficient (Wildman–Crippen LogP) is 0.232. The van der Waals surface area contributed by atoms with Crippen molar-refractivity contribution in [2.24, 2.45) is 5.73 Å². The molecule has 3 N–H and O–H groups in total. The molecule has 0 aliphatic rings. The highest BCUT2D eigenvalue weighted by Gasteiger charge is 2.15. The maximum Gasteiger partial charge on any atom is 0.326 e. The maximum absolute atomic E-state index is 11.8. The maximum atomic E-state index is 11.8. The molecule has 2 amide bonds. The highest BCUT2D eigenvalue weighted by atomic mass is 16.5. The summed E-state index contributed by atoms with van der Waals surface area (Å²) in [6.45, 7) is 3.41. The highest BCUT2D eigenvalue weighted by Crippen LogP contribution is 2.11. The Morgan fingerprint density at radius 1 is 1.24 bits per heavy atom. The van der Waals surface area contributed by atoms with Crippen LogP contribution in [0.25, 0.3) is 0 Å². The fourth-order valence-electron chi connectivity index (χ4n) is 1.42. The van der Waals surface area contributed by atoms with Gasteiger partial charge in [-0.1, -0.05) is 0 Å². The third-order valence-corrected chi connectivity index (χ3v) is 2.53. The molecular formula is C14H18N2O5. The number of amides is 2. The summed E-state index contributed by atoms with van der Waals surface area (Å²) in [7, 11) is 0. The first-order valence-electron chi connectivity index (χ1n) is 6.44. The molecule has 0 saturated heterocycles. The van der Waals surface area contributed by atoms with Crippen LogP contribution in [-0.4, -0.2) is 37.0 Å². The lowest BCUT2D eigenvalue weighted by Crippen LogP contribution is -2.36. The molecule has 1 aromatic carbocycles. The normalized spacial score (nSPS) is 11.3. The molecule has 1 aromatic rings. The summed E-state index contributed by atoms with van der Waals surface area (Å²) >= 11 is 0. The van der Waals surface area contributed by atoms with Gasteiger partial charge in [-0.2, -0.15) is 0 Å². The van der Waals surface area contributed by atoms with E-state index in [4.69, 9.17) is 15.2 Å². The number of nitrogens with one attached hydrogen (secondary N) is 1. The molecule has 0 aliphatic heterocycles. The molecular weight excluding hydrogens is 276 g/mol. The van der Waals surface area contributed by atoms with Gasteiger partial charge < -0.3 is 20.5 Å². The summed E-state index contributed by atoms with van der Waals surface area (Å²) in [4.78, 5) is 33.9. The lowest BCUT2D eigenvalue weighted by molar-refractivity contribution is -0.152. The van der Waals surface area contributed by atoms with E-state index in [-0.39, 0.29) is 6.54 Å². The van der Waals surface area contributed by atoms with Crippen molar-refractivity contribution >= 4 is 17.8 Å². The number of primary amides is 1. The van der Waals surface area contributed by atoms with Crippen LogP contribution in [0.15, 0.2) is 24.3 Å². The molecule has 0 bridgehead atoms. The lowest BCUT2D eigenvalue weighted by Gasteiger charge is -2.10. The van der Waals surface area contributed by atoms with Crippen molar-refractivity contribution in [3.05, 3.63) is 29.8 Å². The monoisotopic (exact) mass is 294 g/mol. The van der Waals surface area contributed by atoms with Crippen molar-refractivity contribution in [1.82, 2.24) is 5.32 Å². The Morgan fingerprint density at radius 2 is 1.86 bits per heavy atom. The van der Waals surface area contributed by atoms with Gasteiger partial charge >= 0.3 is 5.97 Å². The fraction of sp³-hybridized carbons (Fsp3) is 0.357. The molecule has 1 atom stereocenters. The molecule has 0 aliphatic carbocycles. The predicted molar refractivity (Wildman–Crippen MR) is 74.7 cm³/mol. The van der Waals surface area contributed by atoms with Gasteiger partial charge in [0.1, 0.15) is 12.3 Å². The van der Waals surface area contributed by atoms with E-state index >= 15 is 0 Å². The average Bonchev–Trinajstić information content (AvgIpc) is 2.45. The van der Waals surface area contributed by atoms with Gasteiger partial charge in [-0.15, -0.1) is 0 Å². The number of hydrogen-bond acceptors (Lipinski definition) is 5. The molecule has 0 heterocycles. The van der Waals surface area contributed by atoms with E-state index in [0.29, 0.717) is 17.9 Å². The summed E-state index contributed by atoms with van der Waals surface area (Å²) in [6, 6.07) is 6.48. The Hall–Kier alpha value is -2.57. The molecule has 0 saturated carbocycles. The van der Waals surface area contributed by atoms with Crippen LogP contribution in [0.1, 0.15) is 24.2 Å². The van der Waals surface area contributed by atoms with Crippen LogP contribution in [-0.2, 0) is 14.3 Å². The minimum absolute atomic E-state index is 0.344. The molecule has 0 aromatic heterocycles. The quantitative estimate of drug-likeness (QED) is 0.700. The first kappa shape index (κ1) is 16.5. The van der Waals surface area contributed by atoms with Gasteiger partial charge in [-0.05, 0) is 38.1 Å². The lowest BCUT2D eigenvalue weighted by atomic mass is 10.2. The zero-order valence-corrected chi connectivity index (χ0v) is 11.9. The van der Waals surface area contributed by atoms with Crippen molar-refractivity contribution in [3.63, 3.8) is 0 Å². The van der Waals surface area contributed by atoms with Crippen molar-refractivity contribution in [1.29, 1.82) is 0 Å². The molecule has 114 valence electrons. The van der Waals surface area contributed by atoms with Gasteiger partial charge in [0.05, 0.1) is 6.61 Å². The molecule has 0 spiro atoms. The number of ether oxygens (including phenoxy) is 2. The number of rotatable bonds is 7. The SMILES string of the molecule is CCOc1ccc(C(=O)NCC(=O)O[C@@H](C)C(N)=O)cc1. The fourth-order valence-corrected chi connectivity index (χ4v) is 1.42. The molecule has 0 unspecified atom stereocenters. The summed E-state index contributed by atoms with van der Waals surface area (Å²) < 4.78 is 9.96. The molecule has 1 rings (SSSR count). The number of carbonyl (C=O) groups excluding carboxylic acids is 3. The Kier molecular flexibility index (Phi) is 6.19. The second-order valence-electron chi connectivity index (χ2n) is 4.17. The Morgan fingerprint density at radius 3 is 2.38 bits per heavy atom. The van der Waals surface area contributed by atoms with Crippen molar-refractivity contribution < 1.29 is 23.9 Å². The molecule has 7 nitrogen and oxygen atoms in total. The third kappa shape index (κ3) is 5.52. The molecule has 0 fully saturated rings. The van der Waals surface area contributed by atoms with E-state index in [9.17, 15) is 14.4 Å². The van der Waals surface area contributed by atoms with Crippen LogP contribution in [0.5, 0.6) is 5.75 Å². The van der Waals surface area contributed by atoms with Crippen LogP contribution >= 0.6 is 0 Å². The summed E-state index contributed by atoms with van der Waals surface area (Å²) in [5.41, 5.74) is 5.34. The van der Waals surface area contributed by atoms with Crippen molar-refractivity contribution in [2.75, 3.05) is 13.2 Å². The van der Waals surface area contributed by atoms with E-state index in [2.05, 4.69) is 5.32 Å². The van der Waals surface area contributed by atoms with E-state index < -0.39 is 23.9 Å². The van der Waals surface area contributed by atoms with E-state index in [0.717, 1.165) is 0 Å².